The number of hydrazine groups is 2. The molecule has 3 heterocycles. The van der Waals surface area contributed by atoms with Gasteiger partial charge in [-0.15, -0.1) is 0 Å². The molecule has 0 N–H and O–H groups in total. The minimum absolute atomic E-state index is 0.120. The SMILES string of the molecule is CCOC(=O)C1CCN(N(C(C)=O)c2ccc3cc4ccc(N(C(C)=O)N5CCC(C(=O)OCC)CC5)cc4nc3c2)CC1. The Morgan fingerprint density at radius 1 is 0.682 bits per heavy atom. The quantitative estimate of drug-likeness (QED) is 0.272. The van der Waals surface area contributed by atoms with E-state index in [-0.39, 0.29) is 35.6 Å². The van der Waals surface area contributed by atoms with Crippen molar-refractivity contribution in [3.05, 3.63) is 42.5 Å². The number of amides is 2. The molecule has 2 aliphatic heterocycles. The first-order valence-corrected chi connectivity index (χ1v) is 15.5. The second kappa shape index (κ2) is 13.7. The van der Waals surface area contributed by atoms with Gasteiger partial charge in [0.2, 0.25) is 11.8 Å². The first-order valence-electron chi connectivity index (χ1n) is 15.5. The normalized spacial score (nSPS) is 17.0. The Balaban J connectivity index is 1.38. The van der Waals surface area contributed by atoms with Crippen molar-refractivity contribution in [2.75, 3.05) is 49.4 Å². The van der Waals surface area contributed by atoms with Crippen molar-refractivity contribution in [1.29, 1.82) is 0 Å². The van der Waals surface area contributed by atoms with Crippen LogP contribution in [0.15, 0.2) is 42.5 Å². The Hall–Kier alpha value is -4.09. The van der Waals surface area contributed by atoms with E-state index in [4.69, 9.17) is 14.5 Å². The lowest BCUT2D eigenvalue weighted by molar-refractivity contribution is -0.150. The van der Waals surface area contributed by atoms with Crippen LogP contribution in [0, 0.1) is 11.8 Å². The molecule has 5 rings (SSSR count). The molecule has 3 aromatic rings. The molecule has 0 spiro atoms. The largest absolute Gasteiger partial charge is 0.466 e. The molecule has 0 saturated carbocycles. The molecular weight excluding hydrogens is 562 g/mol. The number of ether oxygens (including phenoxy) is 2. The fourth-order valence-electron chi connectivity index (χ4n) is 6.27. The van der Waals surface area contributed by atoms with E-state index >= 15 is 0 Å². The van der Waals surface area contributed by atoms with Gasteiger partial charge in [-0.3, -0.25) is 19.2 Å². The molecule has 11 nitrogen and oxygen atoms in total. The summed E-state index contributed by atoms with van der Waals surface area (Å²) in [5, 5.41) is 9.16. The molecular formula is C33H41N5O6. The summed E-state index contributed by atoms with van der Waals surface area (Å²) in [5.74, 6) is -0.898. The van der Waals surface area contributed by atoms with E-state index in [0.717, 1.165) is 21.8 Å². The number of piperidine rings is 2. The molecule has 44 heavy (non-hydrogen) atoms. The second-order valence-electron chi connectivity index (χ2n) is 11.4. The summed E-state index contributed by atoms with van der Waals surface area (Å²) in [6.45, 7) is 9.66. The van der Waals surface area contributed by atoms with Gasteiger partial charge in [-0.1, -0.05) is 12.1 Å². The molecule has 0 aliphatic carbocycles. The number of carbonyl (C=O) groups is 4. The number of fused-ring (bicyclic) bond motifs is 2. The van der Waals surface area contributed by atoms with Crippen LogP contribution < -0.4 is 10.0 Å². The van der Waals surface area contributed by atoms with Crippen molar-refractivity contribution in [3.8, 4) is 0 Å². The highest BCUT2D eigenvalue weighted by Gasteiger charge is 2.32. The first-order chi connectivity index (χ1) is 21.2. The Labute approximate surface area is 257 Å². The molecule has 234 valence electrons. The predicted octanol–water partition coefficient (Wildman–Crippen LogP) is 4.47. The molecule has 0 bridgehead atoms. The maximum Gasteiger partial charge on any atom is 0.309 e. The average Bonchev–Trinajstić information content (AvgIpc) is 3.01. The van der Waals surface area contributed by atoms with Gasteiger partial charge < -0.3 is 9.47 Å². The molecule has 11 heteroatoms. The first kappa shape index (κ1) is 31.3. The van der Waals surface area contributed by atoms with Gasteiger partial charge in [0, 0.05) is 50.8 Å². The van der Waals surface area contributed by atoms with Crippen LogP contribution in [-0.4, -0.2) is 78.1 Å². The fourth-order valence-corrected chi connectivity index (χ4v) is 6.27. The van der Waals surface area contributed by atoms with Crippen LogP contribution in [0.4, 0.5) is 11.4 Å². The lowest BCUT2D eigenvalue weighted by Gasteiger charge is -2.38. The number of pyridine rings is 1. The van der Waals surface area contributed by atoms with Gasteiger partial charge in [-0.2, -0.15) is 0 Å². The van der Waals surface area contributed by atoms with E-state index in [1.165, 1.54) is 13.8 Å². The topological polar surface area (TPSA) is 113 Å². The predicted molar refractivity (Wildman–Crippen MR) is 167 cm³/mol. The third kappa shape index (κ3) is 6.68. The van der Waals surface area contributed by atoms with E-state index in [2.05, 4.69) is 6.07 Å². The van der Waals surface area contributed by atoms with Crippen LogP contribution in [0.1, 0.15) is 53.4 Å². The number of hydrogen-bond donors (Lipinski definition) is 0. The zero-order valence-electron chi connectivity index (χ0n) is 26.0. The average molecular weight is 604 g/mol. The standard InChI is InChI=1S/C33H41N5O6/c1-5-43-32(41)24-11-15-35(16-12-24)37(22(3)39)28-9-7-26-19-27-8-10-29(21-31(27)34-30(26)20-28)38(23(4)40)36-17-13-25(14-18-36)33(42)44-6-2/h7-10,19-21,24-25H,5-6,11-18H2,1-4H3. The highest BCUT2D eigenvalue weighted by atomic mass is 16.5. The molecule has 0 unspecified atom stereocenters. The van der Waals surface area contributed by atoms with Gasteiger partial charge in [0.15, 0.2) is 0 Å². The lowest BCUT2D eigenvalue weighted by Crippen LogP contribution is -2.50. The summed E-state index contributed by atoms with van der Waals surface area (Å²) in [6, 6.07) is 13.6. The van der Waals surface area contributed by atoms with Crippen molar-refractivity contribution in [1.82, 2.24) is 15.0 Å². The zero-order chi connectivity index (χ0) is 31.4. The Morgan fingerprint density at radius 2 is 1.07 bits per heavy atom. The maximum atomic E-state index is 12.8. The van der Waals surface area contributed by atoms with Crippen molar-refractivity contribution < 1.29 is 28.7 Å². The highest BCUT2D eigenvalue weighted by molar-refractivity contribution is 5.99. The third-order valence-corrected chi connectivity index (χ3v) is 8.41. The number of esters is 2. The Morgan fingerprint density at radius 3 is 1.41 bits per heavy atom. The van der Waals surface area contributed by atoms with Gasteiger partial charge in [-0.05, 0) is 69.9 Å². The monoisotopic (exact) mass is 603 g/mol. The summed E-state index contributed by atoms with van der Waals surface area (Å²) in [5.41, 5.74) is 2.86. The van der Waals surface area contributed by atoms with E-state index in [9.17, 15) is 19.2 Å². The van der Waals surface area contributed by atoms with Crippen LogP contribution in [0.3, 0.4) is 0 Å². The highest BCUT2D eigenvalue weighted by Crippen LogP contribution is 2.31. The van der Waals surface area contributed by atoms with Gasteiger partial charge in [0.1, 0.15) is 0 Å². The van der Waals surface area contributed by atoms with Crippen LogP contribution in [-0.2, 0) is 28.7 Å². The van der Waals surface area contributed by atoms with Gasteiger partial charge >= 0.3 is 11.9 Å². The minimum Gasteiger partial charge on any atom is -0.466 e. The molecule has 1 aromatic heterocycles. The number of rotatable bonds is 8. The number of hydrogen-bond acceptors (Lipinski definition) is 9. The van der Waals surface area contributed by atoms with E-state index in [1.807, 2.05) is 46.4 Å². The van der Waals surface area contributed by atoms with Crippen LogP contribution in [0.5, 0.6) is 0 Å². The van der Waals surface area contributed by atoms with Crippen molar-refractivity contribution >= 4 is 56.9 Å². The summed E-state index contributed by atoms with van der Waals surface area (Å²) in [6.07, 6.45) is 2.48. The Kier molecular flexibility index (Phi) is 9.75. The molecule has 0 radical (unpaired) electrons. The minimum atomic E-state index is -0.174. The number of aromatic nitrogens is 1. The zero-order valence-corrected chi connectivity index (χ0v) is 26.0. The fraction of sp³-hybridized carbons (Fsp3) is 0.485. The van der Waals surface area contributed by atoms with Crippen molar-refractivity contribution in [2.45, 2.75) is 53.4 Å². The number of benzene rings is 2. The molecule has 2 saturated heterocycles. The van der Waals surface area contributed by atoms with E-state index < -0.39 is 0 Å². The molecule has 2 aromatic carbocycles. The van der Waals surface area contributed by atoms with Gasteiger partial charge in [-0.25, -0.2) is 25.0 Å². The number of carbonyl (C=O) groups excluding carboxylic acids is 4. The molecule has 0 atom stereocenters. The second-order valence-corrected chi connectivity index (χ2v) is 11.4. The molecule has 2 amide bonds. The van der Waals surface area contributed by atoms with E-state index in [1.54, 1.807) is 23.9 Å². The third-order valence-electron chi connectivity index (χ3n) is 8.41. The maximum absolute atomic E-state index is 12.8. The number of anilines is 2. The molecule has 2 fully saturated rings. The van der Waals surface area contributed by atoms with Crippen LogP contribution >= 0.6 is 0 Å². The van der Waals surface area contributed by atoms with Crippen molar-refractivity contribution in [2.24, 2.45) is 11.8 Å². The summed E-state index contributed by atoms with van der Waals surface area (Å²) in [4.78, 5) is 55.1. The number of nitrogens with zero attached hydrogens (tertiary/aromatic N) is 5. The smallest absolute Gasteiger partial charge is 0.309 e. The lowest BCUT2D eigenvalue weighted by atomic mass is 9.98. The van der Waals surface area contributed by atoms with Crippen molar-refractivity contribution in [3.63, 3.8) is 0 Å². The van der Waals surface area contributed by atoms with Gasteiger partial charge in [0.05, 0.1) is 47.5 Å². The van der Waals surface area contributed by atoms with Gasteiger partial charge in [0.25, 0.3) is 0 Å². The summed E-state index contributed by atoms with van der Waals surface area (Å²) in [7, 11) is 0. The summed E-state index contributed by atoms with van der Waals surface area (Å²) < 4.78 is 10.4. The van der Waals surface area contributed by atoms with Crippen LogP contribution in [0.25, 0.3) is 21.8 Å². The summed E-state index contributed by atoms with van der Waals surface area (Å²) >= 11 is 0. The van der Waals surface area contributed by atoms with E-state index in [0.29, 0.717) is 76.5 Å². The Bertz CT molecular complexity index is 1430. The van der Waals surface area contributed by atoms with Crippen LogP contribution in [0.2, 0.25) is 0 Å². The molecule has 2 aliphatic rings.